The average Bonchev–Trinajstić information content (AvgIpc) is 2.26. The molecule has 6 nitrogen and oxygen atoms in total. The van der Waals surface area contributed by atoms with Crippen LogP contribution in [0.5, 0.6) is 11.5 Å². The van der Waals surface area contributed by atoms with E-state index in [4.69, 9.17) is 9.47 Å². The highest BCUT2D eigenvalue weighted by atomic mass is 16.6. The van der Waals surface area contributed by atoms with Crippen molar-refractivity contribution in [2.75, 3.05) is 13.7 Å². The van der Waals surface area contributed by atoms with E-state index in [2.05, 4.69) is 0 Å². The minimum Gasteiger partial charge on any atom is -0.496 e. The number of rotatable bonds is 5. The Kier molecular flexibility index (Phi) is 3.61. The summed E-state index contributed by atoms with van der Waals surface area (Å²) in [5, 5.41) is 10.6. The number of aldehydes is 1. The number of carbonyl (C=O) groups is 1. The van der Waals surface area contributed by atoms with E-state index >= 15 is 0 Å². The van der Waals surface area contributed by atoms with Crippen LogP contribution >= 0.6 is 0 Å². The van der Waals surface area contributed by atoms with Gasteiger partial charge in [-0.2, -0.15) is 0 Å². The molecule has 0 aromatic heterocycles. The average molecular weight is 211 g/mol. The second-order valence-corrected chi connectivity index (χ2v) is 2.57. The smallest absolute Gasteiger partial charge is 0.314 e. The quantitative estimate of drug-likeness (QED) is 0.415. The molecule has 0 radical (unpaired) electrons. The topological polar surface area (TPSA) is 78.7 Å². The predicted octanol–water partition coefficient (Wildman–Crippen LogP) is 1.18. The first kappa shape index (κ1) is 11.0. The van der Waals surface area contributed by atoms with E-state index < -0.39 is 4.92 Å². The molecule has 0 heterocycles. The Morgan fingerprint density at radius 2 is 2.27 bits per heavy atom. The molecule has 0 fully saturated rings. The van der Waals surface area contributed by atoms with Crippen LogP contribution in [0.2, 0.25) is 0 Å². The first-order chi connectivity index (χ1) is 7.19. The van der Waals surface area contributed by atoms with Crippen LogP contribution < -0.4 is 9.47 Å². The van der Waals surface area contributed by atoms with Gasteiger partial charge in [-0.25, -0.2) is 0 Å². The van der Waals surface area contributed by atoms with E-state index in [0.717, 1.165) is 0 Å². The fraction of sp³-hybridized carbons (Fsp3) is 0.222. The summed E-state index contributed by atoms with van der Waals surface area (Å²) in [7, 11) is 1.41. The Morgan fingerprint density at radius 3 is 2.80 bits per heavy atom. The molecule has 0 spiro atoms. The zero-order valence-corrected chi connectivity index (χ0v) is 8.00. The largest absolute Gasteiger partial charge is 0.496 e. The minimum atomic E-state index is -0.595. The van der Waals surface area contributed by atoms with Crippen LogP contribution in [0.15, 0.2) is 18.2 Å². The van der Waals surface area contributed by atoms with Gasteiger partial charge in [0.2, 0.25) is 0 Å². The zero-order valence-electron chi connectivity index (χ0n) is 8.00. The van der Waals surface area contributed by atoms with E-state index in [1.165, 1.54) is 25.3 Å². The number of hydrogen-bond acceptors (Lipinski definition) is 5. The van der Waals surface area contributed by atoms with Gasteiger partial charge in [-0.1, -0.05) is 0 Å². The van der Waals surface area contributed by atoms with Gasteiger partial charge in [0.25, 0.3) is 0 Å². The van der Waals surface area contributed by atoms with Gasteiger partial charge in [-0.15, -0.1) is 0 Å². The van der Waals surface area contributed by atoms with E-state index in [-0.39, 0.29) is 18.0 Å². The van der Waals surface area contributed by atoms with Crippen molar-refractivity contribution in [2.24, 2.45) is 0 Å². The molecule has 0 amide bonds. The summed E-state index contributed by atoms with van der Waals surface area (Å²) in [6, 6.07) is 4.15. The number of nitro groups is 1. The van der Waals surface area contributed by atoms with Crippen molar-refractivity contribution >= 4 is 12.0 Å². The predicted molar refractivity (Wildman–Crippen MR) is 51.2 cm³/mol. The van der Waals surface area contributed by atoms with Crippen molar-refractivity contribution in [3.8, 4) is 11.5 Å². The maximum absolute atomic E-state index is 10.6. The fourth-order valence-electron chi connectivity index (χ4n) is 1.01. The summed E-state index contributed by atoms with van der Waals surface area (Å²) >= 11 is 0. The third kappa shape index (κ3) is 2.67. The summed E-state index contributed by atoms with van der Waals surface area (Å²) in [5.74, 6) is 0.410. The number of methoxy groups -OCH3 is 1. The molecule has 0 aliphatic heterocycles. The monoisotopic (exact) mass is 211 g/mol. The van der Waals surface area contributed by atoms with Crippen LogP contribution in [0.3, 0.4) is 0 Å². The summed E-state index contributed by atoms with van der Waals surface area (Å²) in [6.07, 6.45) is 0.522. The van der Waals surface area contributed by atoms with Gasteiger partial charge in [0.05, 0.1) is 18.1 Å². The van der Waals surface area contributed by atoms with E-state index in [1.54, 1.807) is 0 Å². The molecule has 0 bridgehead atoms. The van der Waals surface area contributed by atoms with Gasteiger partial charge in [-0.05, 0) is 12.1 Å². The Balaban J connectivity index is 3.03. The van der Waals surface area contributed by atoms with Crippen molar-refractivity contribution in [3.63, 3.8) is 0 Å². The maximum atomic E-state index is 10.6. The lowest BCUT2D eigenvalue weighted by Gasteiger charge is -2.04. The minimum absolute atomic E-state index is 0.0490. The fourth-order valence-corrected chi connectivity index (χ4v) is 1.01. The number of benzene rings is 1. The lowest BCUT2D eigenvalue weighted by molar-refractivity contribution is -0.385. The molecule has 80 valence electrons. The highest BCUT2D eigenvalue weighted by Crippen LogP contribution is 2.30. The van der Waals surface area contributed by atoms with Gasteiger partial charge in [-0.3, -0.25) is 14.9 Å². The summed E-state index contributed by atoms with van der Waals surface area (Å²) in [5.41, 5.74) is -0.226. The molecule has 0 atom stereocenters. The number of nitrogens with zero attached hydrogens (tertiary/aromatic N) is 1. The van der Waals surface area contributed by atoms with Gasteiger partial charge in [0.1, 0.15) is 12.4 Å². The molecule has 0 aliphatic rings. The van der Waals surface area contributed by atoms with Crippen molar-refractivity contribution in [3.05, 3.63) is 28.3 Å². The lowest BCUT2D eigenvalue weighted by Crippen LogP contribution is -2.01. The van der Waals surface area contributed by atoms with Crippen LogP contribution in [0.1, 0.15) is 0 Å². The Labute approximate surface area is 85.6 Å². The third-order valence-electron chi connectivity index (χ3n) is 1.67. The van der Waals surface area contributed by atoms with Crippen LogP contribution in [-0.4, -0.2) is 24.9 Å². The molecule has 0 N–H and O–H groups in total. The Morgan fingerprint density at radius 1 is 1.53 bits per heavy atom. The zero-order chi connectivity index (χ0) is 11.3. The van der Waals surface area contributed by atoms with Crippen LogP contribution in [0.25, 0.3) is 0 Å². The van der Waals surface area contributed by atoms with Crippen molar-refractivity contribution in [1.82, 2.24) is 0 Å². The van der Waals surface area contributed by atoms with Crippen LogP contribution in [0.4, 0.5) is 5.69 Å². The molecule has 0 saturated carbocycles. The molecule has 0 unspecified atom stereocenters. The molecule has 0 saturated heterocycles. The summed E-state index contributed by atoms with van der Waals surface area (Å²) in [4.78, 5) is 20.1. The van der Waals surface area contributed by atoms with Gasteiger partial charge in [0, 0.05) is 0 Å². The van der Waals surface area contributed by atoms with Gasteiger partial charge < -0.3 is 9.47 Å². The third-order valence-corrected chi connectivity index (χ3v) is 1.67. The van der Waals surface area contributed by atoms with Gasteiger partial charge in [0.15, 0.2) is 12.0 Å². The van der Waals surface area contributed by atoms with E-state index in [1.807, 2.05) is 0 Å². The standard InChI is InChI=1S/C9H9NO5/c1-14-7-2-3-9(15-5-4-11)8(6-7)10(12)13/h2-4,6H,5H2,1H3. The van der Waals surface area contributed by atoms with Crippen molar-refractivity contribution in [1.29, 1.82) is 0 Å². The maximum Gasteiger partial charge on any atom is 0.314 e. The van der Waals surface area contributed by atoms with E-state index in [9.17, 15) is 14.9 Å². The molecule has 1 aromatic carbocycles. The molecule has 0 aliphatic carbocycles. The molecule has 15 heavy (non-hydrogen) atoms. The number of carbonyl (C=O) groups excluding carboxylic acids is 1. The number of hydrogen-bond donors (Lipinski definition) is 0. The summed E-state index contributed by atoms with van der Waals surface area (Å²) < 4.78 is 9.72. The number of ether oxygens (including phenoxy) is 2. The molecule has 1 rings (SSSR count). The molecule has 6 heteroatoms. The molecular formula is C9H9NO5. The Hall–Kier alpha value is -2.11. The summed E-state index contributed by atoms with van der Waals surface area (Å²) in [6.45, 7) is -0.215. The van der Waals surface area contributed by atoms with Crippen molar-refractivity contribution in [2.45, 2.75) is 0 Å². The Bertz CT molecular complexity index is 377. The second-order valence-electron chi connectivity index (χ2n) is 2.57. The first-order valence-electron chi connectivity index (χ1n) is 4.08. The lowest BCUT2D eigenvalue weighted by atomic mass is 10.3. The molecule has 1 aromatic rings. The molecular weight excluding hydrogens is 202 g/mol. The first-order valence-corrected chi connectivity index (χ1v) is 4.08. The van der Waals surface area contributed by atoms with Gasteiger partial charge >= 0.3 is 5.69 Å². The van der Waals surface area contributed by atoms with Crippen molar-refractivity contribution < 1.29 is 19.2 Å². The highest BCUT2D eigenvalue weighted by Gasteiger charge is 2.16. The van der Waals surface area contributed by atoms with Crippen LogP contribution in [0, 0.1) is 10.1 Å². The second kappa shape index (κ2) is 4.94. The normalized spacial score (nSPS) is 9.40. The highest BCUT2D eigenvalue weighted by molar-refractivity contribution is 5.55. The SMILES string of the molecule is COc1ccc(OCC=O)c([N+](=O)[O-])c1. The number of nitro benzene ring substituents is 1. The van der Waals surface area contributed by atoms with Crippen LogP contribution in [-0.2, 0) is 4.79 Å². The van der Waals surface area contributed by atoms with E-state index in [0.29, 0.717) is 12.0 Å².